The standard InChI is InChI=1S/C15H23N3O/c1-18(14-7-3-8-14)10-4-9-15(19)17-13-6-2-5-12(16)11-13/h2,5-6,11,14H,3-4,7-10,16H2,1H3,(H,17,19). The van der Waals surface area contributed by atoms with Crippen LogP contribution in [-0.2, 0) is 4.79 Å². The molecule has 0 aromatic heterocycles. The number of nitrogen functional groups attached to an aromatic ring is 1. The highest BCUT2D eigenvalue weighted by molar-refractivity contribution is 5.91. The summed E-state index contributed by atoms with van der Waals surface area (Å²) in [5, 5.41) is 2.88. The molecule has 1 aliphatic rings. The smallest absolute Gasteiger partial charge is 0.224 e. The van der Waals surface area contributed by atoms with Crippen LogP contribution in [0.2, 0.25) is 0 Å². The molecule has 0 atom stereocenters. The molecule has 0 heterocycles. The van der Waals surface area contributed by atoms with Gasteiger partial charge in [-0.2, -0.15) is 0 Å². The molecule has 1 aromatic rings. The number of anilines is 2. The third kappa shape index (κ3) is 4.24. The lowest BCUT2D eigenvalue weighted by Crippen LogP contribution is -2.37. The summed E-state index contributed by atoms with van der Waals surface area (Å²) < 4.78 is 0. The number of carbonyl (C=O) groups is 1. The molecule has 4 heteroatoms. The predicted octanol–water partition coefficient (Wildman–Crippen LogP) is 2.47. The Balaban J connectivity index is 1.66. The number of rotatable bonds is 6. The van der Waals surface area contributed by atoms with Gasteiger partial charge in [-0.3, -0.25) is 4.79 Å². The second-order valence-electron chi connectivity index (χ2n) is 5.34. The minimum atomic E-state index is 0.0626. The molecule has 104 valence electrons. The highest BCUT2D eigenvalue weighted by Gasteiger charge is 2.21. The maximum Gasteiger partial charge on any atom is 0.224 e. The molecule has 1 aromatic carbocycles. The Morgan fingerprint density at radius 1 is 1.47 bits per heavy atom. The number of hydrogen-bond donors (Lipinski definition) is 2. The summed E-state index contributed by atoms with van der Waals surface area (Å²) in [5.74, 6) is 0.0626. The van der Waals surface area contributed by atoms with E-state index in [-0.39, 0.29) is 5.91 Å². The second kappa shape index (κ2) is 6.57. The Labute approximate surface area is 115 Å². The average molecular weight is 261 g/mol. The van der Waals surface area contributed by atoms with Gasteiger partial charge in [-0.05, 0) is 51.1 Å². The maximum absolute atomic E-state index is 11.8. The topological polar surface area (TPSA) is 58.4 Å². The minimum absolute atomic E-state index is 0.0626. The zero-order valence-electron chi connectivity index (χ0n) is 11.6. The van der Waals surface area contributed by atoms with Gasteiger partial charge in [-0.1, -0.05) is 12.5 Å². The van der Waals surface area contributed by atoms with Gasteiger partial charge >= 0.3 is 0 Å². The van der Waals surface area contributed by atoms with E-state index >= 15 is 0 Å². The number of hydrogen-bond acceptors (Lipinski definition) is 3. The summed E-state index contributed by atoms with van der Waals surface area (Å²) in [4.78, 5) is 14.2. The molecule has 0 unspecified atom stereocenters. The van der Waals surface area contributed by atoms with Crippen LogP contribution < -0.4 is 11.1 Å². The molecule has 1 amide bonds. The highest BCUT2D eigenvalue weighted by atomic mass is 16.1. The van der Waals surface area contributed by atoms with E-state index in [1.54, 1.807) is 6.07 Å². The van der Waals surface area contributed by atoms with Crippen molar-refractivity contribution in [2.75, 3.05) is 24.6 Å². The SMILES string of the molecule is CN(CCCC(=O)Nc1cccc(N)c1)C1CCC1. The maximum atomic E-state index is 11.8. The van der Waals surface area contributed by atoms with Crippen LogP contribution >= 0.6 is 0 Å². The van der Waals surface area contributed by atoms with Crippen molar-refractivity contribution in [3.05, 3.63) is 24.3 Å². The van der Waals surface area contributed by atoms with Crippen molar-refractivity contribution >= 4 is 17.3 Å². The van der Waals surface area contributed by atoms with E-state index in [0.717, 1.165) is 24.7 Å². The summed E-state index contributed by atoms with van der Waals surface area (Å²) >= 11 is 0. The summed E-state index contributed by atoms with van der Waals surface area (Å²) in [6, 6.07) is 8.03. The highest BCUT2D eigenvalue weighted by Crippen LogP contribution is 2.23. The second-order valence-corrected chi connectivity index (χ2v) is 5.34. The van der Waals surface area contributed by atoms with Crippen LogP contribution in [0.3, 0.4) is 0 Å². The largest absolute Gasteiger partial charge is 0.399 e. The molecule has 4 nitrogen and oxygen atoms in total. The molecule has 0 radical (unpaired) electrons. The quantitative estimate of drug-likeness (QED) is 0.773. The Morgan fingerprint density at radius 3 is 2.89 bits per heavy atom. The monoisotopic (exact) mass is 261 g/mol. The molecule has 3 N–H and O–H groups in total. The normalized spacial score (nSPS) is 15.3. The van der Waals surface area contributed by atoms with E-state index in [1.807, 2.05) is 18.2 Å². The van der Waals surface area contributed by atoms with Crippen LogP contribution in [0.15, 0.2) is 24.3 Å². The van der Waals surface area contributed by atoms with E-state index in [9.17, 15) is 4.79 Å². The van der Waals surface area contributed by atoms with Crippen LogP contribution in [0.5, 0.6) is 0 Å². The first-order chi connectivity index (χ1) is 9.15. The van der Waals surface area contributed by atoms with E-state index < -0.39 is 0 Å². The van der Waals surface area contributed by atoms with Gasteiger partial charge in [0.25, 0.3) is 0 Å². The average Bonchev–Trinajstić information content (AvgIpc) is 2.26. The number of nitrogens with zero attached hydrogens (tertiary/aromatic N) is 1. The zero-order valence-corrected chi connectivity index (χ0v) is 11.6. The molecular formula is C15H23N3O. The van der Waals surface area contributed by atoms with Crippen molar-refractivity contribution in [1.82, 2.24) is 4.90 Å². The molecular weight excluding hydrogens is 238 g/mol. The lowest BCUT2D eigenvalue weighted by atomic mass is 9.92. The molecule has 1 aliphatic carbocycles. The predicted molar refractivity (Wildman–Crippen MR) is 79.0 cm³/mol. The minimum Gasteiger partial charge on any atom is -0.399 e. The first kappa shape index (κ1) is 13.9. The van der Waals surface area contributed by atoms with Gasteiger partial charge in [-0.25, -0.2) is 0 Å². The third-order valence-electron chi connectivity index (χ3n) is 3.78. The van der Waals surface area contributed by atoms with Gasteiger partial charge in [-0.15, -0.1) is 0 Å². The molecule has 0 spiro atoms. The number of nitrogens with two attached hydrogens (primary N) is 1. The van der Waals surface area contributed by atoms with Crippen LogP contribution in [0.25, 0.3) is 0 Å². The first-order valence-corrected chi connectivity index (χ1v) is 7.01. The molecule has 19 heavy (non-hydrogen) atoms. The zero-order chi connectivity index (χ0) is 13.7. The van der Waals surface area contributed by atoms with E-state index in [1.165, 1.54) is 19.3 Å². The summed E-state index contributed by atoms with van der Waals surface area (Å²) in [5.41, 5.74) is 7.12. The van der Waals surface area contributed by atoms with E-state index in [2.05, 4.69) is 17.3 Å². The summed E-state index contributed by atoms with van der Waals surface area (Å²) in [6.45, 7) is 0.995. The van der Waals surface area contributed by atoms with E-state index in [4.69, 9.17) is 5.73 Å². The Hall–Kier alpha value is -1.55. The Morgan fingerprint density at radius 2 is 2.26 bits per heavy atom. The van der Waals surface area contributed by atoms with Gasteiger partial charge in [0.1, 0.15) is 0 Å². The van der Waals surface area contributed by atoms with Crippen molar-refractivity contribution in [2.24, 2.45) is 0 Å². The molecule has 1 fully saturated rings. The van der Waals surface area contributed by atoms with Crippen molar-refractivity contribution in [2.45, 2.75) is 38.1 Å². The van der Waals surface area contributed by atoms with Crippen LogP contribution in [0, 0.1) is 0 Å². The number of benzene rings is 1. The van der Waals surface area contributed by atoms with Crippen LogP contribution in [-0.4, -0.2) is 30.4 Å². The lowest BCUT2D eigenvalue weighted by molar-refractivity contribution is -0.116. The fraction of sp³-hybridized carbons (Fsp3) is 0.533. The molecule has 0 saturated heterocycles. The van der Waals surface area contributed by atoms with Crippen molar-refractivity contribution < 1.29 is 4.79 Å². The molecule has 2 rings (SSSR count). The van der Waals surface area contributed by atoms with Gasteiger partial charge in [0.05, 0.1) is 0 Å². The third-order valence-corrected chi connectivity index (χ3v) is 3.78. The first-order valence-electron chi connectivity index (χ1n) is 7.01. The molecule has 0 bridgehead atoms. The lowest BCUT2D eigenvalue weighted by Gasteiger charge is -2.34. The van der Waals surface area contributed by atoms with Crippen molar-refractivity contribution in [3.63, 3.8) is 0 Å². The van der Waals surface area contributed by atoms with Crippen LogP contribution in [0.1, 0.15) is 32.1 Å². The fourth-order valence-corrected chi connectivity index (χ4v) is 2.34. The Bertz CT molecular complexity index is 429. The van der Waals surface area contributed by atoms with E-state index in [0.29, 0.717) is 12.1 Å². The summed E-state index contributed by atoms with van der Waals surface area (Å²) in [6.07, 6.45) is 5.44. The summed E-state index contributed by atoms with van der Waals surface area (Å²) in [7, 11) is 2.15. The van der Waals surface area contributed by atoms with Crippen LogP contribution in [0.4, 0.5) is 11.4 Å². The number of carbonyl (C=O) groups excluding carboxylic acids is 1. The molecule has 1 saturated carbocycles. The van der Waals surface area contributed by atoms with Gasteiger partial charge in [0, 0.05) is 23.8 Å². The Kier molecular flexibility index (Phi) is 4.80. The van der Waals surface area contributed by atoms with Gasteiger partial charge < -0.3 is 16.0 Å². The molecule has 0 aliphatic heterocycles. The van der Waals surface area contributed by atoms with Crippen molar-refractivity contribution in [1.29, 1.82) is 0 Å². The number of nitrogens with one attached hydrogen (secondary N) is 1. The number of amides is 1. The van der Waals surface area contributed by atoms with Crippen molar-refractivity contribution in [3.8, 4) is 0 Å². The fourth-order valence-electron chi connectivity index (χ4n) is 2.34. The van der Waals surface area contributed by atoms with Gasteiger partial charge in [0.2, 0.25) is 5.91 Å². The van der Waals surface area contributed by atoms with Gasteiger partial charge in [0.15, 0.2) is 0 Å².